The van der Waals surface area contributed by atoms with Gasteiger partial charge in [-0.05, 0) is 17.7 Å². The Hall–Kier alpha value is -1.49. The molecule has 0 radical (unpaired) electrons. The fourth-order valence-corrected chi connectivity index (χ4v) is 1.43. The number of nitrogens with zero attached hydrogens (tertiary/aromatic N) is 1. The largest absolute Gasteiger partial charge is 0.340 e. The highest BCUT2D eigenvalue weighted by atomic mass is 19.2. The standard InChI is InChI=1S/C13H18F2N2O/c1-9(2)16-7-13(18)17(3)8-10-4-5-11(14)12(15)6-10/h4-6,9,16H,7-8H2,1-3H3. The van der Waals surface area contributed by atoms with Crippen LogP contribution in [-0.4, -0.2) is 30.4 Å². The van der Waals surface area contributed by atoms with Crippen molar-refractivity contribution in [3.63, 3.8) is 0 Å². The van der Waals surface area contributed by atoms with Gasteiger partial charge < -0.3 is 10.2 Å². The van der Waals surface area contributed by atoms with E-state index < -0.39 is 11.6 Å². The van der Waals surface area contributed by atoms with E-state index in [1.165, 1.54) is 11.0 Å². The molecule has 0 aliphatic carbocycles. The van der Waals surface area contributed by atoms with Crippen LogP contribution < -0.4 is 5.32 Å². The summed E-state index contributed by atoms with van der Waals surface area (Å²) in [5, 5.41) is 3.01. The van der Waals surface area contributed by atoms with Crippen molar-refractivity contribution in [1.29, 1.82) is 0 Å². The summed E-state index contributed by atoms with van der Waals surface area (Å²) in [6, 6.07) is 3.87. The highest BCUT2D eigenvalue weighted by Gasteiger charge is 2.10. The molecule has 5 heteroatoms. The lowest BCUT2D eigenvalue weighted by molar-refractivity contribution is -0.129. The van der Waals surface area contributed by atoms with E-state index in [4.69, 9.17) is 0 Å². The maximum absolute atomic E-state index is 13.0. The summed E-state index contributed by atoms with van der Waals surface area (Å²) < 4.78 is 25.7. The molecule has 1 aromatic carbocycles. The summed E-state index contributed by atoms with van der Waals surface area (Å²) in [7, 11) is 1.63. The van der Waals surface area contributed by atoms with Crippen LogP contribution in [0.1, 0.15) is 19.4 Å². The van der Waals surface area contributed by atoms with Crippen molar-refractivity contribution in [2.75, 3.05) is 13.6 Å². The van der Waals surface area contributed by atoms with Gasteiger partial charge >= 0.3 is 0 Å². The zero-order chi connectivity index (χ0) is 13.7. The molecule has 1 amide bonds. The van der Waals surface area contributed by atoms with Crippen LogP contribution in [0, 0.1) is 11.6 Å². The van der Waals surface area contributed by atoms with Crippen LogP contribution in [0.25, 0.3) is 0 Å². The van der Waals surface area contributed by atoms with Crippen molar-refractivity contribution in [1.82, 2.24) is 10.2 Å². The minimum absolute atomic E-state index is 0.0894. The SMILES string of the molecule is CC(C)NCC(=O)N(C)Cc1ccc(F)c(F)c1. The van der Waals surface area contributed by atoms with Gasteiger partial charge in [-0.2, -0.15) is 0 Å². The molecule has 0 saturated heterocycles. The minimum atomic E-state index is -0.895. The molecule has 100 valence electrons. The Balaban J connectivity index is 2.55. The van der Waals surface area contributed by atoms with Crippen LogP contribution in [0.4, 0.5) is 8.78 Å². The van der Waals surface area contributed by atoms with Gasteiger partial charge in [0, 0.05) is 19.6 Å². The molecule has 0 spiro atoms. The van der Waals surface area contributed by atoms with Crippen LogP contribution in [0.2, 0.25) is 0 Å². The van der Waals surface area contributed by atoms with Crippen molar-refractivity contribution in [3.8, 4) is 0 Å². The van der Waals surface area contributed by atoms with Gasteiger partial charge in [0.25, 0.3) is 0 Å². The van der Waals surface area contributed by atoms with Crippen LogP contribution in [0.15, 0.2) is 18.2 Å². The molecule has 0 aliphatic rings. The molecule has 1 rings (SSSR count). The smallest absolute Gasteiger partial charge is 0.236 e. The quantitative estimate of drug-likeness (QED) is 0.873. The summed E-state index contributed by atoms with van der Waals surface area (Å²) in [5.41, 5.74) is 0.564. The van der Waals surface area contributed by atoms with Gasteiger partial charge in [0.1, 0.15) is 0 Å². The van der Waals surface area contributed by atoms with Crippen LogP contribution in [-0.2, 0) is 11.3 Å². The van der Waals surface area contributed by atoms with Crippen LogP contribution in [0.3, 0.4) is 0 Å². The van der Waals surface area contributed by atoms with E-state index in [-0.39, 0.29) is 25.0 Å². The van der Waals surface area contributed by atoms with E-state index in [1.807, 2.05) is 13.8 Å². The molecule has 0 atom stereocenters. The fourth-order valence-electron chi connectivity index (χ4n) is 1.43. The maximum Gasteiger partial charge on any atom is 0.236 e. The molecule has 3 nitrogen and oxygen atoms in total. The van der Waals surface area contributed by atoms with Gasteiger partial charge in [0.15, 0.2) is 11.6 Å². The van der Waals surface area contributed by atoms with E-state index in [2.05, 4.69) is 5.32 Å². The average Bonchev–Trinajstić information content (AvgIpc) is 2.30. The molecular formula is C13H18F2N2O. The number of halogens is 2. The number of hydrogen-bond donors (Lipinski definition) is 1. The first-order valence-electron chi connectivity index (χ1n) is 5.81. The highest BCUT2D eigenvalue weighted by Crippen LogP contribution is 2.10. The Morgan fingerprint density at radius 1 is 1.33 bits per heavy atom. The Morgan fingerprint density at radius 2 is 2.00 bits per heavy atom. The molecule has 0 aromatic heterocycles. The molecule has 1 N–H and O–H groups in total. The second-order valence-electron chi connectivity index (χ2n) is 4.53. The Labute approximate surface area is 106 Å². The van der Waals surface area contributed by atoms with Gasteiger partial charge in [-0.1, -0.05) is 19.9 Å². The van der Waals surface area contributed by atoms with E-state index in [0.29, 0.717) is 5.56 Å². The predicted molar refractivity (Wildman–Crippen MR) is 66.0 cm³/mol. The molecule has 0 aliphatic heterocycles. The molecule has 0 unspecified atom stereocenters. The Morgan fingerprint density at radius 3 is 2.56 bits per heavy atom. The summed E-state index contributed by atoms with van der Waals surface area (Å²) in [4.78, 5) is 13.2. The first kappa shape index (κ1) is 14.6. The normalized spacial score (nSPS) is 10.8. The van der Waals surface area contributed by atoms with Crippen LogP contribution >= 0.6 is 0 Å². The van der Waals surface area contributed by atoms with Crippen molar-refractivity contribution >= 4 is 5.91 Å². The van der Waals surface area contributed by atoms with E-state index in [0.717, 1.165) is 12.1 Å². The second kappa shape index (κ2) is 6.44. The monoisotopic (exact) mass is 256 g/mol. The van der Waals surface area contributed by atoms with Crippen LogP contribution in [0.5, 0.6) is 0 Å². The lowest BCUT2D eigenvalue weighted by atomic mass is 10.2. The molecule has 0 heterocycles. The molecule has 18 heavy (non-hydrogen) atoms. The van der Waals surface area contributed by atoms with Crippen molar-refractivity contribution in [2.24, 2.45) is 0 Å². The Kier molecular flexibility index (Phi) is 5.22. The zero-order valence-corrected chi connectivity index (χ0v) is 10.8. The lowest BCUT2D eigenvalue weighted by Crippen LogP contribution is -2.37. The molecular weight excluding hydrogens is 238 g/mol. The summed E-state index contributed by atoms with van der Waals surface area (Å²) in [6.45, 7) is 4.39. The van der Waals surface area contributed by atoms with Gasteiger partial charge in [-0.3, -0.25) is 4.79 Å². The lowest BCUT2D eigenvalue weighted by Gasteiger charge is -2.18. The molecule has 1 aromatic rings. The Bertz CT molecular complexity index is 421. The summed E-state index contributed by atoms with van der Waals surface area (Å²) in [6.07, 6.45) is 0. The maximum atomic E-state index is 13.0. The number of nitrogens with one attached hydrogen (secondary N) is 1. The number of rotatable bonds is 5. The summed E-state index contributed by atoms with van der Waals surface area (Å²) in [5.74, 6) is -1.86. The van der Waals surface area contributed by atoms with E-state index >= 15 is 0 Å². The topological polar surface area (TPSA) is 32.3 Å². The average molecular weight is 256 g/mol. The number of amides is 1. The number of likely N-dealkylation sites (N-methyl/N-ethyl adjacent to an activating group) is 1. The van der Waals surface area contributed by atoms with Gasteiger partial charge in [0.05, 0.1) is 6.54 Å². The van der Waals surface area contributed by atoms with E-state index in [1.54, 1.807) is 7.05 Å². The van der Waals surface area contributed by atoms with Crippen molar-refractivity contribution in [2.45, 2.75) is 26.4 Å². The van der Waals surface area contributed by atoms with Gasteiger partial charge in [0.2, 0.25) is 5.91 Å². The number of carbonyl (C=O) groups excluding carboxylic acids is 1. The molecule has 0 saturated carbocycles. The highest BCUT2D eigenvalue weighted by molar-refractivity contribution is 5.77. The first-order valence-corrected chi connectivity index (χ1v) is 5.81. The third-order valence-corrected chi connectivity index (χ3v) is 2.49. The number of hydrogen-bond acceptors (Lipinski definition) is 2. The van der Waals surface area contributed by atoms with Gasteiger partial charge in [-0.15, -0.1) is 0 Å². The van der Waals surface area contributed by atoms with Crippen molar-refractivity contribution < 1.29 is 13.6 Å². The fraction of sp³-hybridized carbons (Fsp3) is 0.462. The molecule has 0 fully saturated rings. The number of benzene rings is 1. The first-order chi connectivity index (χ1) is 8.40. The third-order valence-electron chi connectivity index (χ3n) is 2.49. The third kappa shape index (κ3) is 4.41. The van der Waals surface area contributed by atoms with E-state index in [9.17, 15) is 13.6 Å². The summed E-state index contributed by atoms with van der Waals surface area (Å²) >= 11 is 0. The zero-order valence-electron chi connectivity index (χ0n) is 10.8. The molecule has 0 bridgehead atoms. The minimum Gasteiger partial charge on any atom is -0.340 e. The van der Waals surface area contributed by atoms with Gasteiger partial charge in [-0.25, -0.2) is 8.78 Å². The second-order valence-corrected chi connectivity index (χ2v) is 4.53. The number of carbonyl (C=O) groups is 1. The predicted octanol–water partition coefficient (Wildman–Crippen LogP) is 1.92. The van der Waals surface area contributed by atoms with Crippen molar-refractivity contribution in [3.05, 3.63) is 35.4 Å².